The van der Waals surface area contributed by atoms with Crippen LogP contribution in [0.2, 0.25) is 0 Å². The molecule has 194 valence electrons. The third kappa shape index (κ3) is 5.33. The van der Waals surface area contributed by atoms with E-state index in [9.17, 15) is 22.0 Å². The van der Waals surface area contributed by atoms with Gasteiger partial charge in [0.15, 0.2) is 11.6 Å². The van der Waals surface area contributed by atoms with E-state index < -0.39 is 21.7 Å². The van der Waals surface area contributed by atoms with Gasteiger partial charge in [-0.3, -0.25) is 4.79 Å². The smallest absolute Gasteiger partial charge is 0.307 e. The number of nitrogens with zero attached hydrogens (tertiary/aromatic N) is 4. The lowest BCUT2D eigenvalue weighted by Crippen LogP contribution is -2.33. The maximum absolute atomic E-state index is 13.6. The molecule has 1 N–H and O–H groups in total. The summed E-state index contributed by atoms with van der Waals surface area (Å²) in [6.07, 6.45) is 4.93. The molecule has 2 heterocycles. The lowest BCUT2D eigenvalue weighted by molar-refractivity contribution is 0.293. The fourth-order valence-corrected chi connectivity index (χ4v) is 6.46. The van der Waals surface area contributed by atoms with Crippen molar-refractivity contribution >= 4 is 21.4 Å². The van der Waals surface area contributed by atoms with E-state index in [1.165, 1.54) is 27.6 Å². The summed E-state index contributed by atoms with van der Waals surface area (Å²) in [6, 6.07) is 7.90. The van der Waals surface area contributed by atoms with Gasteiger partial charge in [-0.1, -0.05) is 29.4 Å². The van der Waals surface area contributed by atoms with Crippen molar-refractivity contribution in [1.29, 1.82) is 0 Å². The normalized spacial score (nSPS) is 14.4. The van der Waals surface area contributed by atoms with Crippen molar-refractivity contribution in [3.63, 3.8) is 0 Å². The van der Waals surface area contributed by atoms with Crippen molar-refractivity contribution in [3.05, 3.63) is 75.0 Å². The van der Waals surface area contributed by atoms with Crippen molar-refractivity contribution < 1.29 is 21.9 Å². The summed E-state index contributed by atoms with van der Waals surface area (Å²) in [6.45, 7) is -0.119. The number of sulfonamides is 1. The first-order chi connectivity index (χ1) is 17.7. The molecule has 5 rings (SSSR count). The fourth-order valence-electron chi connectivity index (χ4n) is 4.22. The minimum Gasteiger partial charge on any atom is -0.486 e. The zero-order valence-electron chi connectivity index (χ0n) is 19.7. The molecule has 1 aliphatic rings. The van der Waals surface area contributed by atoms with Crippen LogP contribution in [0.1, 0.15) is 31.4 Å². The molecule has 0 atom stereocenters. The van der Waals surface area contributed by atoms with Gasteiger partial charge in [0, 0.05) is 30.1 Å². The van der Waals surface area contributed by atoms with Crippen LogP contribution in [-0.4, -0.2) is 34.0 Å². The Labute approximate surface area is 215 Å². The second kappa shape index (κ2) is 10.1. The average Bonchev–Trinajstić information content (AvgIpc) is 3.62. The second-order valence-corrected chi connectivity index (χ2v) is 11.3. The van der Waals surface area contributed by atoms with E-state index in [0.29, 0.717) is 17.0 Å². The minimum atomic E-state index is -3.94. The van der Waals surface area contributed by atoms with Crippen molar-refractivity contribution in [1.82, 2.24) is 24.3 Å². The molecule has 0 saturated heterocycles. The number of hydrogen-bond acceptors (Lipinski definition) is 7. The first kappa shape index (κ1) is 25.2. The van der Waals surface area contributed by atoms with E-state index in [2.05, 4.69) is 15.0 Å². The summed E-state index contributed by atoms with van der Waals surface area (Å²) < 4.78 is 64.9. The monoisotopic (exact) mass is 547 g/mol. The highest BCUT2D eigenvalue weighted by Gasteiger charge is 2.27. The van der Waals surface area contributed by atoms with Crippen molar-refractivity contribution in [2.45, 2.75) is 43.2 Å². The molecule has 4 aromatic rings. The van der Waals surface area contributed by atoms with Gasteiger partial charge in [-0.15, -0.1) is 5.10 Å². The van der Waals surface area contributed by atoms with Gasteiger partial charge in [0.25, 0.3) is 0 Å². The van der Waals surface area contributed by atoms with Crippen LogP contribution in [0, 0.1) is 11.6 Å². The average molecular weight is 548 g/mol. The van der Waals surface area contributed by atoms with Gasteiger partial charge in [0.1, 0.15) is 22.9 Å². The first-order valence-electron chi connectivity index (χ1n) is 11.5. The van der Waals surface area contributed by atoms with E-state index in [1.54, 1.807) is 24.6 Å². The quantitative estimate of drug-likeness (QED) is 0.360. The van der Waals surface area contributed by atoms with Crippen LogP contribution in [0.5, 0.6) is 5.75 Å². The lowest BCUT2D eigenvalue weighted by Gasteiger charge is -2.17. The van der Waals surface area contributed by atoms with E-state index in [1.807, 2.05) is 0 Å². The Morgan fingerprint density at radius 1 is 1.14 bits per heavy atom. The lowest BCUT2D eigenvalue weighted by atomic mass is 10.1. The number of rotatable bonds is 8. The molecule has 0 bridgehead atoms. The summed E-state index contributed by atoms with van der Waals surface area (Å²) in [7, 11) is -2.31. The molecular weight excluding hydrogens is 524 g/mol. The predicted molar refractivity (Wildman–Crippen MR) is 133 cm³/mol. The zero-order valence-corrected chi connectivity index (χ0v) is 21.4. The summed E-state index contributed by atoms with van der Waals surface area (Å²) in [5, 5.41) is 9.57. The van der Waals surface area contributed by atoms with Crippen molar-refractivity contribution in [3.8, 4) is 22.7 Å². The SMILES string of the molecule is Cn1c(-c2ccc(OCc3cn(-c4ccc(F)c(F)c4)nn3)c(S(=O)(=O)NC3CCCC3)c2)csc1=O. The number of thiazole rings is 1. The van der Waals surface area contributed by atoms with Gasteiger partial charge >= 0.3 is 4.87 Å². The summed E-state index contributed by atoms with van der Waals surface area (Å²) >= 11 is 1.03. The van der Waals surface area contributed by atoms with Gasteiger partial charge in [0.2, 0.25) is 10.0 Å². The highest BCUT2D eigenvalue weighted by molar-refractivity contribution is 7.89. The molecule has 1 saturated carbocycles. The van der Waals surface area contributed by atoms with Crippen molar-refractivity contribution in [2.24, 2.45) is 7.05 Å². The van der Waals surface area contributed by atoms with Crippen molar-refractivity contribution in [2.75, 3.05) is 0 Å². The first-order valence-corrected chi connectivity index (χ1v) is 13.9. The Bertz CT molecular complexity index is 1610. The van der Waals surface area contributed by atoms with Crippen LogP contribution in [-0.2, 0) is 23.7 Å². The van der Waals surface area contributed by atoms with Crippen LogP contribution in [0.3, 0.4) is 0 Å². The number of aromatic nitrogens is 4. The van der Waals surface area contributed by atoms with E-state index in [0.717, 1.165) is 49.2 Å². The van der Waals surface area contributed by atoms with Crippen LogP contribution in [0.25, 0.3) is 16.9 Å². The molecule has 0 amide bonds. The van der Waals surface area contributed by atoms with Crippen LogP contribution in [0.4, 0.5) is 8.78 Å². The summed E-state index contributed by atoms with van der Waals surface area (Å²) in [5.41, 5.74) is 1.77. The Morgan fingerprint density at radius 2 is 1.92 bits per heavy atom. The molecule has 37 heavy (non-hydrogen) atoms. The number of benzene rings is 2. The van der Waals surface area contributed by atoms with Gasteiger partial charge in [-0.05, 0) is 43.2 Å². The molecule has 0 aliphatic heterocycles. The standard InChI is InChI=1S/C24H23F2N5O4S2/c1-30-21(14-36-24(30)32)15-6-9-22(23(10-15)37(33,34)28-16-4-2-3-5-16)35-13-17-12-31(29-27-17)18-7-8-19(25)20(26)11-18/h6-12,14,16,28H,2-5,13H2,1H3. The molecule has 0 radical (unpaired) electrons. The zero-order chi connectivity index (χ0) is 26.2. The third-order valence-electron chi connectivity index (χ3n) is 6.20. The maximum atomic E-state index is 13.6. The molecule has 9 nitrogen and oxygen atoms in total. The van der Waals surface area contributed by atoms with Gasteiger partial charge < -0.3 is 9.30 Å². The van der Waals surface area contributed by atoms with Crippen LogP contribution < -0.4 is 14.3 Å². The molecule has 13 heteroatoms. The van der Waals surface area contributed by atoms with Gasteiger partial charge in [0.05, 0.1) is 17.6 Å². The third-order valence-corrected chi connectivity index (χ3v) is 8.55. The maximum Gasteiger partial charge on any atom is 0.307 e. The number of halogens is 2. The Balaban J connectivity index is 1.43. The number of ether oxygens (including phenoxy) is 1. The molecule has 0 unspecified atom stereocenters. The van der Waals surface area contributed by atoms with Crippen LogP contribution in [0.15, 0.2) is 57.7 Å². The van der Waals surface area contributed by atoms with Gasteiger partial charge in [-0.2, -0.15) is 0 Å². The molecular formula is C24H23F2N5O4S2. The van der Waals surface area contributed by atoms with Gasteiger partial charge in [-0.25, -0.2) is 26.6 Å². The molecule has 1 aliphatic carbocycles. The van der Waals surface area contributed by atoms with E-state index >= 15 is 0 Å². The predicted octanol–water partition coefficient (Wildman–Crippen LogP) is 3.77. The highest BCUT2D eigenvalue weighted by atomic mass is 32.2. The topological polar surface area (TPSA) is 108 Å². The highest BCUT2D eigenvalue weighted by Crippen LogP contribution is 2.32. The molecule has 2 aromatic heterocycles. The van der Waals surface area contributed by atoms with E-state index in [-0.39, 0.29) is 33.9 Å². The summed E-state index contributed by atoms with van der Waals surface area (Å²) in [5.74, 6) is -1.88. The number of hydrogen-bond donors (Lipinski definition) is 1. The minimum absolute atomic E-state index is 0.0523. The van der Waals surface area contributed by atoms with E-state index in [4.69, 9.17) is 4.74 Å². The number of nitrogens with one attached hydrogen (secondary N) is 1. The molecule has 0 spiro atoms. The Kier molecular flexibility index (Phi) is 6.92. The Hall–Kier alpha value is -3.42. The fraction of sp³-hybridized carbons (Fsp3) is 0.292. The second-order valence-electron chi connectivity index (χ2n) is 8.75. The largest absolute Gasteiger partial charge is 0.486 e. The van der Waals surface area contributed by atoms with Crippen LogP contribution >= 0.6 is 11.3 Å². The summed E-state index contributed by atoms with van der Waals surface area (Å²) in [4.78, 5) is 11.8. The molecule has 2 aromatic carbocycles. The Morgan fingerprint density at radius 3 is 2.62 bits per heavy atom. The molecule has 1 fully saturated rings.